The molecule has 0 radical (unpaired) electrons. The van der Waals surface area contributed by atoms with Crippen LogP contribution in [0, 0.1) is 5.92 Å². The lowest BCUT2D eigenvalue weighted by atomic mass is 9.56. The summed E-state index contributed by atoms with van der Waals surface area (Å²) < 4.78 is 5.56. The van der Waals surface area contributed by atoms with E-state index in [0.29, 0.717) is 12.0 Å². The topological polar surface area (TPSA) is 53.0 Å². The van der Waals surface area contributed by atoms with Crippen molar-refractivity contribution in [3.05, 3.63) is 90.5 Å². The van der Waals surface area contributed by atoms with Gasteiger partial charge in [0.05, 0.1) is 13.2 Å². The van der Waals surface area contributed by atoms with E-state index in [9.17, 15) is 9.90 Å². The Labute approximate surface area is 214 Å². The van der Waals surface area contributed by atoms with E-state index >= 15 is 0 Å². The predicted octanol–water partition coefficient (Wildman–Crippen LogP) is 4.89. The number of piperidine rings is 1. The first-order valence-corrected chi connectivity index (χ1v) is 12.9. The number of fused-ring (bicyclic) bond motifs is 2. The van der Waals surface area contributed by atoms with Gasteiger partial charge in [-0.25, -0.2) is 0 Å². The van der Waals surface area contributed by atoms with Crippen LogP contribution < -0.4 is 4.74 Å². The third kappa shape index (κ3) is 4.42. The highest BCUT2D eigenvalue weighted by Crippen LogP contribution is 2.50. The zero-order chi connectivity index (χ0) is 25.3. The normalized spacial score (nSPS) is 26.2. The van der Waals surface area contributed by atoms with Crippen LogP contribution >= 0.6 is 0 Å². The summed E-state index contributed by atoms with van der Waals surface area (Å²) in [6.45, 7) is 6.49. The number of carbonyl (C=O) groups excluding carboxylic acids is 1. The number of hydrogen-bond acceptors (Lipinski definition) is 4. The first-order chi connectivity index (χ1) is 17.4. The van der Waals surface area contributed by atoms with Crippen LogP contribution in [-0.2, 0) is 5.41 Å². The Balaban J connectivity index is 1.47. The predicted molar refractivity (Wildman–Crippen MR) is 144 cm³/mol. The van der Waals surface area contributed by atoms with E-state index < -0.39 is 6.10 Å². The zero-order valence-corrected chi connectivity index (χ0v) is 21.3. The molecule has 1 amide bonds. The molecule has 3 aromatic carbocycles. The molecular weight excluding hydrogens is 448 g/mol. The fraction of sp³-hybridized carbons (Fsp3) is 0.387. The molecule has 5 nitrogen and oxygen atoms in total. The summed E-state index contributed by atoms with van der Waals surface area (Å²) in [6, 6.07) is 22.2. The Bertz CT molecular complexity index is 1260. The van der Waals surface area contributed by atoms with E-state index in [1.165, 1.54) is 5.56 Å². The van der Waals surface area contributed by atoms with E-state index in [1.807, 2.05) is 66.6 Å². The largest absolute Gasteiger partial charge is 0.497 e. The molecule has 0 aromatic heterocycles. The standard InChI is InChI=1S/C31H36N2O3/c1-4-15-33-16-14-31(25-10-7-11-27(18-25)36-3)20-26(19-29(34)28(31)21-33)32(2)30(35)24-13-12-22-8-5-6-9-23(22)17-24/h4-13,17-18,26,28-29,34H,1,14-16,19-21H2,2-3H3/t26-,28+,29?,31+/m1/s1. The second kappa shape index (κ2) is 10.1. The van der Waals surface area contributed by atoms with E-state index in [0.717, 1.165) is 49.0 Å². The summed E-state index contributed by atoms with van der Waals surface area (Å²) in [4.78, 5) is 17.9. The number of likely N-dealkylation sites (tertiary alicyclic amines) is 1. The molecule has 2 aliphatic rings. The summed E-state index contributed by atoms with van der Waals surface area (Å²) in [5.41, 5.74) is 1.65. The molecule has 1 saturated carbocycles. The SMILES string of the molecule is C=CCN1CC[C@@]2(c3cccc(OC)c3)C[C@H](N(C)C(=O)c3ccc4ccccc4c3)CC(O)[C@@H]2C1. The highest BCUT2D eigenvalue weighted by molar-refractivity contribution is 5.98. The van der Waals surface area contributed by atoms with Crippen LogP contribution in [0.4, 0.5) is 0 Å². The van der Waals surface area contributed by atoms with Gasteiger partial charge in [-0.1, -0.05) is 48.5 Å². The lowest BCUT2D eigenvalue weighted by Gasteiger charge is -2.56. The molecule has 0 spiro atoms. The zero-order valence-electron chi connectivity index (χ0n) is 21.3. The van der Waals surface area contributed by atoms with Crippen LogP contribution in [0.3, 0.4) is 0 Å². The summed E-state index contributed by atoms with van der Waals surface area (Å²) in [5, 5.41) is 13.7. The molecule has 188 valence electrons. The highest BCUT2D eigenvalue weighted by atomic mass is 16.5. The first-order valence-electron chi connectivity index (χ1n) is 12.9. The average molecular weight is 485 g/mol. The van der Waals surface area contributed by atoms with Crippen LogP contribution in [0.15, 0.2) is 79.4 Å². The molecule has 5 heteroatoms. The van der Waals surface area contributed by atoms with Gasteiger partial charge in [0, 0.05) is 43.1 Å². The number of rotatable bonds is 6. The lowest BCUT2D eigenvalue weighted by molar-refractivity contribution is -0.0591. The second-order valence-electron chi connectivity index (χ2n) is 10.4. The maximum atomic E-state index is 13.6. The molecule has 1 aliphatic carbocycles. The van der Waals surface area contributed by atoms with Crippen molar-refractivity contribution in [1.82, 2.24) is 9.80 Å². The van der Waals surface area contributed by atoms with Gasteiger partial charge in [-0.15, -0.1) is 6.58 Å². The molecule has 4 atom stereocenters. The van der Waals surface area contributed by atoms with Gasteiger partial charge >= 0.3 is 0 Å². The first kappa shape index (κ1) is 24.5. The van der Waals surface area contributed by atoms with Gasteiger partial charge in [0.15, 0.2) is 0 Å². The average Bonchev–Trinajstić information content (AvgIpc) is 2.92. The van der Waals surface area contributed by atoms with Gasteiger partial charge in [-0.2, -0.15) is 0 Å². The molecule has 5 rings (SSSR count). The molecule has 3 aromatic rings. The quantitative estimate of drug-likeness (QED) is 0.506. The lowest BCUT2D eigenvalue weighted by Crippen LogP contribution is -2.61. The number of hydrogen-bond donors (Lipinski definition) is 1. The highest BCUT2D eigenvalue weighted by Gasteiger charge is 2.53. The number of aliphatic hydroxyl groups excluding tert-OH is 1. The molecular formula is C31H36N2O3. The number of aliphatic hydroxyl groups is 1. The monoisotopic (exact) mass is 484 g/mol. The minimum absolute atomic E-state index is 0.00119. The van der Waals surface area contributed by atoms with Crippen LogP contribution in [0.2, 0.25) is 0 Å². The minimum Gasteiger partial charge on any atom is -0.497 e. The fourth-order valence-corrected chi connectivity index (χ4v) is 6.52. The maximum Gasteiger partial charge on any atom is 0.253 e. The van der Waals surface area contributed by atoms with Gasteiger partial charge in [-0.05, 0) is 66.4 Å². The van der Waals surface area contributed by atoms with Gasteiger partial charge < -0.3 is 14.7 Å². The van der Waals surface area contributed by atoms with Crippen LogP contribution in [-0.4, -0.2) is 66.8 Å². The second-order valence-corrected chi connectivity index (χ2v) is 10.4. The van der Waals surface area contributed by atoms with E-state index in [-0.39, 0.29) is 23.3 Å². The smallest absolute Gasteiger partial charge is 0.253 e. The molecule has 1 heterocycles. The molecule has 2 fully saturated rings. The van der Waals surface area contributed by atoms with E-state index in [2.05, 4.69) is 29.7 Å². The summed E-state index contributed by atoms with van der Waals surface area (Å²) in [5.74, 6) is 0.909. The number of benzene rings is 3. The number of methoxy groups -OCH3 is 1. The summed E-state index contributed by atoms with van der Waals surface area (Å²) in [7, 11) is 3.58. The Morgan fingerprint density at radius 2 is 1.97 bits per heavy atom. The number of carbonyl (C=O) groups is 1. The fourth-order valence-electron chi connectivity index (χ4n) is 6.52. The van der Waals surface area contributed by atoms with Gasteiger partial charge in [-0.3, -0.25) is 9.69 Å². The Kier molecular flexibility index (Phi) is 6.87. The van der Waals surface area contributed by atoms with Crippen molar-refractivity contribution in [2.24, 2.45) is 5.92 Å². The minimum atomic E-state index is -0.505. The van der Waals surface area contributed by atoms with Gasteiger partial charge in [0.2, 0.25) is 0 Å². The van der Waals surface area contributed by atoms with Crippen LogP contribution in [0.1, 0.15) is 35.2 Å². The van der Waals surface area contributed by atoms with Crippen molar-refractivity contribution < 1.29 is 14.6 Å². The third-order valence-corrected chi connectivity index (χ3v) is 8.51. The van der Waals surface area contributed by atoms with Crippen molar-refractivity contribution in [3.63, 3.8) is 0 Å². The van der Waals surface area contributed by atoms with Crippen molar-refractivity contribution in [2.75, 3.05) is 33.8 Å². The van der Waals surface area contributed by atoms with Gasteiger partial charge in [0.25, 0.3) is 5.91 Å². The van der Waals surface area contributed by atoms with Crippen LogP contribution in [0.5, 0.6) is 5.75 Å². The van der Waals surface area contributed by atoms with E-state index in [4.69, 9.17) is 4.74 Å². The molecule has 1 N–H and O–H groups in total. The summed E-state index contributed by atoms with van der Waals surface area (Å²) >= 11 is 0. The number of nitrogens with zero attached hydrogens (tertiary/aromatic N) is 2. The molecule has 1 aliphatic heterocycles. The molecule has 0 bridgehead atoms. The Hall–Kier alpha value is -3.15. The number of ether oxygens (including phenoxy) is 1. The molecule has 1 unspecified atom stereocenters. The van der Waals surface area contributed by atoms with Gasteiger partial charge in [0.1, 0.15) is 5.75 Å². The maximum absolute atomic E-state index is 13.6. The Morgan fingerprint density at radius 3 is 2.75 bits per heavy atom. The van der Waals surface area contributed by atoms with E-state index in [1.54, 1.807) is 7.11 Å². The van der Waals surface area contributed by atoms with Crippen molar-refractivity contribution in [1.29, 1.82) is 0 Å². The van der Waals surface area contributed by atoms with Crippen molar-refractivity contribution >= 4 is 16.7 Å². The molecule has 1 saturated heterocycles. The summed E-state index contributed by atoms with van der Waals surface area (Å²) in [6.07, 6.45) is 3.75. The Morgan fingerprint density at radius 1 is 1.17 bits per heavy atom. The van der Waals surface area contributed by atoms with Crippen LogP contribution in [0.25, 0.3) is 10.8 Å². The van der Waals surface area contributed by atoms with Crippen molar-refractivity contribution in [3.8, 4) is 5.75 Å². The number of amides is 1. The third-order valence-electron chi connectivity index (χ3n) is 8.51. The molecule has 36 heavy (non-hydrogen) atoms. The van der Waals surface area contributed by atoms with Crippen molar-refractivity contribution in [2.45, 2.75) is 36.8 Å².